The van der Waals surface area contributed by atoms with E-state index in [2.05, 4.69) is 10.3 Å². The summed E-state index contributed by atoms with van der Waals surface area (Å²) in [4.78, 5) is 16.0. The maximum absolute atomic E-state index is 12.0. The van der Waals surface area contributed by atoms with Gasteiger partial charge in [-0.2, -0.15) is 0 Å². The molecule has 1 aromatic rings. The first-order valence-corrected chi connectivity index (χ1v) is 5.38. The number of methoxy groups -OCH3 is 2. The highest BCUT2D eigenvalue weighted by Crippen LogP contribution is 2.05. The Balaban J connectivity index is 2.70. The van der Waals surface area contributed by atoms with Gasteiger partial charge in [-0.1, -0.05) is 0 Å². The number of ether oxygens (including phenoxy) is 2. The Morgan fingerprint density at radius 1 is 1.41 bits per heavy atom. The standard InChI is InChI=1S/C12H18N2O3/c1-8-10(6-5-7-13-8)11(15)14-9(2)12(16-3)17-4/h5-7,9,12H,1-4H3,(H,14,15). The molecule has 1 N–H and O–H groups in total. The molecule has 0 spiro atoms. The molecule has 5 nitrogen and oxygen atoms in total. The maximum Gasteiger partial charge on any atom is 0.253 e. The van der Waals surface area contributed by atoms with Crippen LogP contribution in [0.25, 0.3) is 0 Å². The molecule has 0 aliphatic carbocycles. The van der Waals surface area contributed by atoms with Gasteiger partial charge in [-0.25, -0.2) is 0 Å². The fourth-order valence-electron chi connectivity index (χ4n) is 1.58. The van der Waals surface area contributed by atoms with Gasteiger partial charge in [-0.3, -0.25) is 9.78 Å². The van der Waals surface area contributed by atoms with Crippen LogP contribution in [0.4, 0.5) is 0 Å². The molecule has 1 heterocycles. The quantitative estimate of drug-likeness (QED) is 0.781. The van der Waals surface area contributed by atoms with E-state index in [0.717, 1.165) is 0 Å². The van der Waals surface area contributed by atoms with E-state index in [-0.39, 0.29) is 11.9 Å². The topological polar surface area (TPSA) is 60.5 Å². The molecular weight excluding hydrogens is 220 g/mol. The summed E-state index contributed by atoms with van der Waals surface area (Å²) >= 11 is 0. The lowest BCUT2D eigenvalue weighted by Crippen LogP contribution is -2.43. The van der Waals surface area contributed by atoms with Crippen molar-refractivity contribution in [3.63, 3.8) is 0 Å². The first-order chi connectivity index (χ1) is 8.10. The van der Waals surface area contributed by atoms with Crippen molar-refractivity contribution in [2.75, 3.05) is 14.2 Å². The van der Waals surface area contributed by atoms with Crippen LogP contribution in [0.15, 0.2) is 18.3 Å². The van der Waals surface area contributed by atoms with E-state index in [9.17, 15) is 4.79 Å². The normalized spacial score (nSPS) is 12.5. The molecule has 1 amide bonds. The number of pyridine rings is 1. The molecule has 0 saturated carbocycles. The summed E-state index contributed by atoms with van der Waals surface area (Å²) in [6, 6.07) is 3.23. The van der Waals surface area contributed by atoms with E-state index >= 15 is 0 Å². The van der Waals surface area contributed by atoms with Crippen LogP contribution in [0.2, 0.25) is 0 Å². The molecule has 0 radical (unpaired) electrons. The highest BCUT2D eigenvalue weighted by molar-refractivity contribution is 5.95. The Hall–Kier alpha value is -1.46. The minimum atomic E-state index is -0.462. The Morgan fingerprint density at radius 3 is 2.59 bits per heavy atom. The van der Waals surface area contributed by atoms with Gasteiger partial charge in [-0.05, 0) is 26.0 Å². The van der Waals surface area contributed by atoms with Gasteiger partial charge in [0.15, 0.2) is 6.29 Å². The van der Waals surface area contributed by atoms with E-state index in [4.69, 9.17) is 9.47 Å². The van der Waals surface area contributed by atoms with Gasteiger partial charge in [0.05, 0.1) is 11.6 Å². The number of aryl methyl sites for hydroxylation is 1. The molecule has 5 heteroatoms. The molecule has 1 rings (SSSR count). The average molecular weight is 238 g/mol. The molecule has 0 aromatic carbocycles. The molecule has 0 aliphatic rings. The van der Waals surface area contributed by atoms with Crippen molar-refractivity contribution in [3.05, 3.63) is 29.6 Å². The van der Waals surface area contributed by atoms with E-state index in [1.54, 1.807) is 25.3 Å². The third-order valence-electron chi connectivity index (χ3n) is 2.48. The molecule has 1 aromatic heterocycles. The fourth-order valence-corrected chi connectivity index (χ4v) is 1.58. The van der Waals surface area contributed by atoms with Crippen molar-refractivity contribution < 1.29 is 14.3 Å². The minimum absolute atomic E-state index is 0.179. The lowest BCUT2D eigenvalue weighted by molar-refractivity contribution is -0.117. The second-order valence-corrected chi connectivity index (χ2v) is 3.74. The average Bonchev–Trinajstić information content (AvgIpc) is 2.31. The van der Waals surface area contributed by atoms with Crippen molar-refractivity contribution in [1.82, 2.24) is 10.3 Å². The third-order valence-corrected chi connectivity index (χ3v) is 2.48. The smallest absolute Gasteiger partial charge is 0.253 e. The molecule has 1 unspecified atom stereocenters. The zero-order valence-corrected chi connectivity index (χ0v) is 10.6. The Labute approximate surface area is 101 Å². The summed E-state index contributed by atoms with van der Waals surface area (Å²) in [5, 5.41) is 2.81. The van der Waals surface area contributed by atoms with E-state index in [1.165, 1.54) is 14.2 Å². The van der Waals surface area contributed by atoms with Crippen LogP contribution < -0.4 is 5.32 Å². The van der Waals surface area contributed by atoms with Crippen LogP contribution in [-0.4, -0.2) is 37.4 Å². The van der Waals surface area contributed by atoms with Crippen LogP contribution in [0.3, 0.4) is 0 Å². The van der Waals surface area contributed by atoms with E-state index in [0.29, 0.717) is 11.3 Å². The molecule has 0 aliphatic heterocycles. The van der Waals surface area contributed by atoms with Gasteiger partial charge in [0.25, 0.3) is 5.91 Å². The first kappa shape index (κ1) is 13.6. The van der Waals surface area contributed by atoms with Crippen LogP contribution in [-0.2, 0) is 9.47 Å². The minimum Gasteiger partial charge on any atom is -0.354 e. The number of nitrogens with one attached hydrogen (secondary N) is 1. The Kier molecular flexibility index (Phi) is 5.06. The Bertz CT molecular complexity index is 378. The van der Waals surface area contributed by atoms with Gasteiger partial charge < -0.3 is 14.8 Å². The SMILES string of the molecule is COC(OC)C(C)NC(=O)c1cccnc1C. The van der Waals surface area contributed by atoms with Gasteiger partial charge in [0.2, 0.25) is 0 Å². The second kappa shape index (κ2) is 6.32. The highest BCUT2D eigenvalue weighted by atomic mass is 16.7. The summed E-state index contributed by atoms with van der Waals surface area (Å²) < 4.78 is 10.2. The molecule has 0 fully saturated rings. The van der Waals surface area contributed by atoms with Crippen molar-refractivity contribution in [3.8, 4) is 0 Å². The Morgan fingerprint density at radius 2 is 2.06 bits per heavy atom. The van der Waals surface area contributed by atoms with Crippen LogP contribution in [0, 0.1) is 6.92 Å². The van der Waals surface area contributed by atoms with Crippen molar-refractivity contribution in [1.29, 1.82) is 0 Å². The molecular formula is C12H18N2O3. The number of hydrogen-bond acceptors (Lipinski definition) is 4. The predicted molar refractivity (Wildman–Crippen MR) is 63.7 cm³/mol. The summed E-state index contributed by atoms with van der Waals surface area (Å²) in [5.74, 6) is -0.179. The number of carbonyl (C=O) groups is 1. The number of carbonyl (C=O) groups excluding carboxylic acids is 1. The molecule has 17 heavy (non-hydrogen) atoms. The van der Waals surface area contributed by atoms with Crippen molar-refractivity contribution in [2.24, 2.45) is 0 Å². The lowest BCUT2D eigenvalue weighted by Gasteiger charge is -2.22. The van der Waals surface area contributed by atoms with Crippen LogP contribution in [0.5, 0.6) is 0 Å². The molecule has 94 valence electrons. The van der Waals surface area contributed by atoms with E-state index in [1.807, 2.05) is 6.92 Å². The summed E-state index contributed by atoms with van der Waals surface area (Å²) in [5.41, 5.74) is 1.26. The number of amides is 1. The molecule has 0 saturated heterocycles. The van der Waals surface area contributed by atoms with Crippen molar-refractivity contribution in [2.45, 2.75) is 26.2 Å². The summed E-state index contributed by atoms with van der Waals surface area (Å²) in [6.45, 7) is 3.62. The van der Waals surface area contributed by atoms with Crippen LogP contribution in [0.1, 0.15) is 23.0 Å². The van der Waals surface area contributed by atoms with Crippen molar-refractivity contribution >= 4 is 5.91 Å². The summed E-state index contributed by atoms with van der Waals surface area (Å²) in [7, 11) is 3.07. The number of nitrogens with zero attached hydrogens (tertiary/aromatic N) is 1. The molecule has 1 atom stereocenters. The van der Waals surface area contributed by atoms with E-state index < -0.39 is 6.29 Å². The lowest BCUT2D eigenvalue weighted by atomic mass is 10.2. The van der Waals surface area contributed by atoms with Gasteiger partial charge >= 0.3 is 0 Å². The third kappa shape index (κ3) is 3.51. The number of hydrogen-bond donors (Lipinski definition) is 1. The highest BCUT2D eigenvalue weighted by Gasteiger charge is 2.19. The van der Waals surface area contributed by atoms with Gasteiger partial charge in [0.1, 0.15) is 0 Å². The zero-order valence-electron chi connectivity index (χ0n) is 10.6. The monoisotopic (exact) mass is 238 g/mol. The van der Waals surface area contributed by atoms with Gasteiger partial charge in [-0.15, -0.1) is 0 Å². The number of rotatable bonds is 5. The second-order valence-electron chi connectivity index (χ2n) is 3.74. The first-order valence-electron chi connectivity index (χ1n) is 5.38. The summed E-state index contributed by atoms with van der Waals surface area (Å²) in [6.07, 6.45) is 1.19. The predicted octanol–water partition coefficient (Wildman–Crippen LogP) is 1.13. The van der Waals surface area contributed by atoms with Crippen LogP contribution >= 0.6 is 0 Å². The maximum atomic E-state index is 12.0. The molecule has 0 bridgehead atoms. The largest absolute Gasteiger partial charge is 0.354 e. The number of aromatic nitrogens is 1. The van der Waals surface area contributed by atoms with Gasteiger partial charge in [0, 0.05) is 26.1 Å². The fraction of sp³-hybridized carbons (Fsp3) is 0.500. The zero-order chi connectivity index (χ0) is 12.8.